The van der Waals surface area contributed by atoms with Crippen LogP contribution in [0.4, 0.5) is 0 Å². The van der Waals surface area contributed by atoms with E-state index in [4.69, 9.17) is 4.52 Å². The van der Waals surface area contributed by atoms with Gasteiger partial charge in [-0.15, -0.1) is 0 Å². The molecule has 0 saturated carbocycles. The molecule has 138 valence electrons. The number of rotatable bonds is 6. The third-order valence-corrected chi connectivity index (χ3v) is 5.57. The molecule has 0 atom stereocenters. The highest BCUT2D eigenvalue weighted by Gasteiger charge is 2.16. The Labute approximate surface area is 155 Å². The van der Waals surface area contributed by atoms with Gasteiger partial charge in [-0.3, -0.25) is 0 Å². The summed E-state index contributed by atoms with van der Waals surface area (Å²) in [5.41, 5.74) is 2.62. The second-order valence-electron chi connectivity index (χ2n) is 5.88. The molecular formula is C18H17N5O3S. The molecule has 2 aromatic heterocycles. The first kappa shape index (κ1) is 17.4. The van der Waals surface area contributed by atoms with Crippen molar-refractivity contribution in [1.82, 2.24) is 24.4 Å². The number of aryl methyl sites for hydroxylation is 1. The van der Waals surface area contributed by atoms with Crippen molar-refractivity contribution in [3.8, 4) is 11.4 Å². The largest absolute Gasteiger partial charge is 0.338 e. The minimum atomic E-state index is -3.63. The highest BCUT2D eigenvalue weighted by Crippen LogP contribution is 2.22. The van der Waals surface area contributed by atoms with E-state index in [-0.39, 0.29) is 17.3 Å². The van der Waals surface area contributed by atoms with Crippen molar-refractivity contribution in [2.75, 3.05) is 0 Å². The number of hydrogen-bond acceptors (Lipinski definition) is 6. The summed E-state index contributed by atoms with van der Waals surface area (Å²) in [6.45, 7) is 2.80. The van der Waals surface area contributed by atoms with Gasteiger partial charge >= 0.3 is 0 Å². The van der Waals surface area contributed by atoms with Gasteiger partial charge in [-0.25, -0.2) is 18.1 Å². The molecule has 0 aliphatic heterocycles. The van der Waals surface area contributed by atoms with Gasteiger partial charge in [-0.05, 0) is 37.3 Å². The second kappa shape index (κ2) is 6.93. The predicted molar refractivity (Wildman–Crippen MR) is 99.2 cm³/mol. The van der Waals surface area contributed by atoms with Gasteiger partial charge in [0.1, 0.15) is 0 Å². The molecule has 9 heteroatoms. The van der Waals surface area contributed by atoms with E-state index in [1.807, 2.05) is 22.8 Å². The van der Waals surface area contributed by atoms with Crippen LogP contribution in [-0.2, 0) is 23.1 Å². The van der Waals surface area contributed by atoms with E-state index < -0.39 is 10.0 Å². The Hall–Kier alpha value is -3.04. The number of sulfonamides is 1. The molecule has 0 aliphatic carbocycles. The van der Waals surface area contributed by atoms with Crippen molar-refractivity contribution in [2.24, 2.45) is 0 Å². The van der Waals surface area contributed by atoms with E-state index in [2.05, 4.69) is 26.8 Å². The van der Waals surface area contributed by atoms with Crippen molar-refractivity contribution in [2.45, 2.75) is 24.9 Å². The fraction of sp³-hybridized carbons (Fsp3) is 0.167. The van der Waals surface area contributed by atoms with Crippen molar-refractivity contribution in [3.63, 3.8) is 0 Å². The van der Waals surface area contributed by atoms with Gasteiger partial charge in [-0.1, -0.05) is 23.4 Å². The summed E-state index contributed by atoms with van der Waals surface area (Å²) in [5, 5.41) is 3.94. The molecule has 8 nitrogen and oxygen atoms in total. The third-order valence-electron chi connectivity index (χ3n) is 4.15. The molecular weight excluding hydrogens is 366 g/mol. The summed E-state index contributed by atoms with van der Waals surface area (Å²) >= 11 is 0. The molecule has 0 aliphatic rings. The fourth-order valence-electron chi connectivity index (χ4n) is 2.74. The molecule has 0 saturated heterocycles. The fourth-order valence-corrected chi connectivity index (χ4v) is 3.73. The van der Waals surface area contributed by atoms with E-state index in [1.54, 1.807) is 24.5 Å². The summed E-state index contributed by atoms with van der Waals surface area (Å²) in [6.07, 6.45) is 1.79. The van der Waals surface area contributed by atoms with Crippen molar-refractivity contribution >= 4 is 21.1 Å². The van der Waals surface area contributed by atoms with Crippen LogP contribution in [0.2, 0.25) is 0 Å². The van der Waals surface area contributed by atoms with E-state index in [0.717, 1.165) is 23.1 Å². The van der Waals surface area contributed by atoms with Crippen LogP contribution in [0.15, 0.2) is 64.3 Å². The molecule has 0 spiro atoms. The van der Waals surface area contributed by atoms with Crippen LogP contribution < -0.4 is 4.72 Å². The molecule has 27 heavy (non-hydrogen) atoms. The van der Waals surface area contributed by atoms with Gasteiger partial charge in [0.15, 0.2) is 0 Å². The molecule has 0 unspecified atom stereocenters. The third kappa shape index (κ3) is 3.46. The van der Waals surface area contributed by atoms with Crippen LogP contribution >= 0.6 is 0 Å². The highest BCUT2D eigenvalue weighted by atomic mass is 32.2. The molecule has 0 radical (unpaired) electrons. The van der Waals surface area contributed by atoms with E-state index >= 15 is 0 Å². The summed E-state index contributed by atoms with van der Waals surface area (Å²) < 4.78 is 34.2. The first-order valence-corrected chi connectivity index (χ1v) is 9.88. The Morgan fingerprint density at radius 1 is 1.15 bits per heavy atom. The molecule has 0 amide bonds. The van der Waals surface area contributed by atoms with Crippen molar-refractivity contribution < 1.29 is 12.9 Å². The molecule has 2 aromatic carbocycles. The number of nitrogens with zero attached hydrogens (tertiary/aromatic N) is 4. The number of benzene rings is 2. The smallest absolute Gasteiger partial charge is 0.242 e. The Morgan fingerprint density at radius 3 is 2.74 bits per heavy atom. The molecule has 0 fully saturated rings. The molecule has 4 aromatic rings. The van der Waals surface area contributed by atoms with Gasteiger partial charge in [-0.2, -0.15) is 4.98 Å². The Bertz CT molecular complexity index is 1180. The molecule has 2 heterocycles. The zero-order valence-electron chi connectivity index (χ0n) is 14.5. The van der Waals surface area contributed by atoms with E-state index in [0.29, 0.717) is 5.82 Å². The van der Waals surface area contributed by atoms with Crippen LogP contribution in [0, 0.1) is 0 Å². The van der Waals surface area contributed by atoms with Crippen LogP contribution in [0.1, 0.15) is 12.8 Å². The number of imidazole rings is 1. The van der Waals surface area contributed by atoms with Gasteiger partial charge in [0.2, 0.25) is 21.7 Å². The second-order valence-corrected chi connectivity index (χ2v) is 7.65. The van der Waals surface area contributed by atoms with Gasteiger partial charge in [0.05, 0.1) is 28.8 Å². The average molecular weight is 383 g/mol. The van der Waals surface area contributed by atoms with Crippen LogP contribution in [0.5, 0.6) is 0 Å². The maximum absolute atomic E-state index is 12.2. The maximum atomic E-state index is 12.2. The van der Waals surface area contributed by atoms with Gasteiger partial charge < -0.3 is 9.09 Å². The SMILES string of the molecule is CCn1cnc2cc(-c3noc(CNS(=O)(=O)c4ccccc4)n3)ccc21. The Kier molecular flexibility index (Phi) is 4.46. The first-order valence-electron chi connectivity index (χ1n) is 8.39. The van der Waals surface area contributed by atoms with Crippen LogP contribution in [0.3, 0.4) is 0 Å². The van der Waals surface area contributed by atoms with Gasteiger partial charge in [0, 0.05) is 12.1 Å². The monoisotopic (exact) mass is 383 g/mol. The van der Waals surface area contributed by atoms with Crippen LogP contribution in [-0.4, -0.2) is 28.1 Å². The number of aromatic nitrogens is 4. The summed E-state index contributed by atoms with van der Waals surface area (Å²) in [7, 11) is -3.63. The average Bonchev–Trinajstić information content (AvgIpc) is 3.33. The number of hydrogen-bond donors (Lipinski definition) is 1. The molecule has 0 bridgehead atoms. The Morgan fingerprint density at radius 2 is 1.96 bits per heavy atom. The van der Waals surface area contributed by atoms with E-state index in [1.165, 1.54) is 12.1 Å². The lowest BCUT2D eigenvalue weighted by Crippen LogP contribution is -2.23. The van der Waals surface area contributed by atoms with Crippen molar-refractivity contribution in [3.05, 3.63) is 60.7 Å². The minimum absolute atomic E-state index is 0.0864. The zero-order valence-corrected chi connectivity index (χ0v) is 15.3. The van der Waals surface area contributed by atoms with Crippen molar-refractivity contribution in [1.29, 1.82) is 0 Å². The Balaban J connectivity index is 1.52. The quantitative estimate of drug-likeness (QED) is 0.549. The molecule has 1 N–H and O–H groups in total. The molecule has 4 rings (SSSR count). The summed E-state index contributed by atoms with van der Waals surface area (Å²) in [4.78, 5) is 8.82. The highest BCUT2D eigenvalue weighted by molar-refractivity contribution is 7.89. The lowest BCUT2D eigenvalue weighted by molar-refractivity contribution is 0.376. The summed E-state index contributed by atoms with van der Waals surface area (Å²) in [5.74, 6) is 0.570. The lowest BCUT2D eigenvalue weighted by Gasteiger charge is -2.03. The summed E-state index contributed by atoms with van der Waals surface area (Å²) in [6, 6.07) is 13.8. The van der Waals surface area contributed by atoms with Gasteiger partial charge in [0.25, 0.3) is 0 Å². The number of nitrogens with one attached hydrogen (secondary N) is 1. The predicted octanol–water partition coefficient (Wildman–Crippen LogP) is 2.58. The standard InChI is InChI=1S/C18H17N5O3S/c1-2-23-12-19-15-10-13(8-9-16(15)23)18-21-17(26-22-18)11-20-27(24,25)14-6-4-3-5-7-14/h3-10,12,20H,2,11H2,1H3. The normalized spacial score (nSPS) is 11.9. The topological polar surface area (TPSA) is 103 Å². The first-order chi connectivity index (χ1) is 13.1. The number of fused-ring (bicyclic) bond motifs is 1. The minimum Gasteiger partial charge on any atom is -0.338 e. The van der Waals surface area contributed by atoms with E-state index in [9.17, 15) is 8.42 Å². The maximum Gasteiger partial charge on any atom is 0.242 e. The zero-order chi connectivity index (χ0) is 18.9. The van der Waals surface area contributed by atoms with Crippen LogP contribution in [0.25, 0.3) is 22.4 Å². The lowest BCUT2D eigenvalue weighted by atomic mass is 10.2.